The standard InChI is InChI=1S/C11H16N2O/c1-9(11(14)13(2)3)12-10-7-5-4-6-8-10/h4-9,12H,1-3H3. The van der Waals surface area contributed by atoms with Crippen molar-refractivity contribution in [3.05, 3.63) is 30.3 Å². The summed E-state index contributed by atoms with van der Waals surface area (Å²) >= 11 is 0. The minimum Gasteiger partial charge on any atom is -0.374 e. The molecule has 0 spiro atoms. The zero-order valence-corrected chi connectivity index (χ0v) is 8.82. The van der Waals surface area contributed by atoms with E-state index in [1.165, 1.54) is 0 Å². The SMILES string of the molecule is CC(Nc1ccccc1)C(=O)N(C)C. The quantitative estimate of drug-likeness (QED) is 0.788. The Kier molecular flexibility index (Phi) is 3.51. The van der Waals surface area contributed by atoms with E-state index in [0.29, 0.717) is 0 Å². The van der Waals surface area contributed by atoms with E-state index in [9.17, 15) is 4.79 Å². The minimum absolute atomic E-state index is 0.0776. The van der Waals surface area contributed by atoms with Crippen molar-refractivity contribution in [1.29, 1.82) is 0 Å². The molecule has 0 aromatic heterocycles. The summed E-state index contributed by atoms with van der Waals surface area (Å²) in [6.07, 6.45) is 0. The number of carbonyl (C=O) groups excluding carboxylic acids is 1. The Morgan fingerprint density at radius 1 is 1.29 bits per heavy atom. The van der Waals surface area contributed by atoms with E-state index in [-0.39, 0.29) is 11.9 Å². The molecule has 1 N–H and O–H groups in total. The number of carbonyl (C=O) groups is 1. The van der Waals surface area contributed by atoms with Gasteiger partial charge in [-0.3, -0.25) is 4.79 Å². The van der Waals surface area contributed by atoms with E-state index in [1.54, 1.807) is 19.0 Å². The Bertz CT molecular complexity index is 295. The van der Waals surface area contributed by atoms with Crippen molar-refractivity contribution in [2.45, 2.75) is 13.0 Å². The lowest BCUT2D eigenvalue weighted by molar-refractivity contribution is -0.129. The molecule has 0 saturated heterocycles. The Hall–Kier alpha value is -1.51. The lowest BCUT2D eigenvalue weighted by Gasteiger charge is -2.18. The predicted octanol–water partition coefficient (Wildman–Crippen LogP) is 1.58. The first kappa shape index (κ1) is 10.6. The zero-order valence-electron chi connectivity index (χ0n) is 8.82. The first-order valence-electron chi connectivity index (χ1n) is 4.64. The van der Waals surface area contributed by atoms with Gasteiger partial charge in [0.1, 0.15) is 6.04 Å². The van der Waals surface area contributed by atoms with E-state index >= 15 is 0 Å². The summed E-state index contributed by atoms with van der Waals surface area (Å²) in [5.41, 5.74) is 0.968. The van der Waals surface area contributed by atoms with Crippen molar-refractivity contribution in [2.24, 2.45) is 0 Å². The van der Waals surface area contributed by atoms with Crippen molar-refractivity contribution < 1.29 is 4.79 Å². The third-order valence-electron chi connectivity index (χ3n) is 1.97. The summed E-state index contributed by atoms with van der Waals surface area (Å²) in [6.45, 7) is 1.86. The van der Waals surface area contributed by atoms with Crippen LogP contribution in [0.15, 0.2) is 30.3 Å². The summed E-state index contributed by atoms with van der Waals surface area (Å²) in [7, 11) is 3.51. The number of amides is 1. The van der Waals surface area contributed by atoms with Crippen LogP contribution < -0.4 is 5.32 Å². The second kappa shape index (κ2) is 4.65. The molecule has 1 amide bonds. The topological polar surface area (TPSA) is 32.3 Å². The van der Waals surface area contributed by atoms with Crippen LogP contribution in [-0.2, 0) is 4.79 Å². The van der Waals surface area contributed by atoms with E-state index in [0.717, 1.165) is 5.69 Å². The summed E-state index contributed by atoms with van der Waals surface area (Å²) in [4.78, 5) is 13.1. The Labute approximate surface area is 84.7 Å². The highest BCUT2D eigenvalue weighted by molar-refractivity contribution is 5.83. The minimum atomic E-state index is -0.188. The molecule has 1 unspecified atom stereocenters. The van der Waals surface area contributed by atoms with Gasteiger partial charge in [0.2, 0.25) is 5.91 Å². The Balaban J connectivity index is 2.57. The van der Waals surface area contributed by atoms with Crippen molar-refractivity contribution in [3.8, 4) is 0 Å². The molecule has 1 aromatic carbocycles. The van der Waals surface area contributed by atoms with Crippen LogP contribution in [0.3, 0.4) is 0 Å². The van der Waals surface area contributed by atoms with Gasteiger partial charge in [-0.25, -0.2) is 0 Å². The van der Waals surface area contributed by atoms with Crippen LogP contribution in [0.25, 0.3) is 0 Å². The van der Waals surface area contributed by atoms with Crippen LogP contribution in [0.4, 0.5) is 5.69 Å². The van der Waals surface area contributed by atoms with Crippen LogP contribution in [0, 0.1) is 0 Å². The van der Waals surface area contributed by atoms with E-state index in [4.69, 9.17) is 0 Å². The second-order valence-electron chi connectivity index (χ2n) is 3.46. The van der Waals surface area contributed by atoms with Crippen molar-refractivity contribution in [2.75, 3.05) is 19.4 Å². The number of hydrogen-bond donors (Lipinski definition) is 1. The number of anilines is 1. The summed E-state index contributed by atoms with van der Waals surface area (Å²) < 4.78 is 0. The smallest absolute Gasteiger partial charge is 0.244 e. The van der Waals surface area contributed by atoms with Crippen LogP contribution in [-0.4, -0.2) is 30.9 Å². The molecule has 0 aliphatic carbocycles. The molecule has 3 nitrogen and oxygen atoms in total. The Morgan fingerprint density at radius 3 is 2.36 bits per heavy atom. The molecular formula is C11H16N2O. The Morgan fingerprint density at radius 2 is 1.86 bits per heavy atom. The summed E-state index contributed by atoms with van der Waals surface area (Å²) in [5, 5.41) is 3.13. The van der Waals surface area contributed by atoms with Gasteiger partial charge < -0.3 is 10.2 Å². The fraction of sp³-hybridized carbons (Fsp3) is 0.364. The molecule has 14 heavy (non-hydrogen) atoms. The van der Waals surface area contributed by atoms with Crippen LogP contribution in [0.1, 0.15) is 6.92 Å². The maximum atomic E-state index is 11.5. The van der Waals surface area contributed by atoms with Gasteiger partial charge >= 0.3 is 0 Å². The van der Waals surface area contributed by atoms with Gasteiger partial charge in [0, 0.05) is 19.8 Å². The highest BCUT2D eigenvalue weighted by Crippen LogP contribution is 2.07. The van der Waals surface area contributed by atoms with Gasteiger partial charge in [0.15, 0.2) is 0 Å². The highest BCUT2D eigenvalue weighted by atomic mass is 16.2. The number of rotatable bonds is 3. The maximum Gasteiger partial charge on any atom is 0.244 e. The molecular weight excluding hydrogens is 176 g/mol. The fourth-order valence-corrected chi connectivity index (χ4v) is 1.23. The first-order valence-corrected chi connectivity index (χ1v) is 4.64. The van der Waals surface area contributed by atoms with Crippen LogP contribution >= 0.6 is 0 Å². The molecule has 0 heterocycles. The molecule has 0 fully saturated rings. The normalized spacial score (nSPS) is 11.9. The maximum absolute atomic E-state index is 11.5. The molecule has 0 saturated carbocycles. The molecule has 0 aliphatic rings. The number of hydrogen-bond acceptors (Lipinski definition) is 2. The van der Waals surface area contributed by atoms with Crippen LogP contribution in [0.5, 0.6) is 0 Å². The largest absolute Gasteiger partial charge is 0.374 e. The fourth-order valence-electron chi connectivity index (χ4n) is 1.23. The van der Waals surface area contributed by atoms with Gasteiger partial charge in [-0.05, 0) is 19.1 Å². The number of likely N-dealkylation sites (N-methyl/N-ethyl adjacent to an activating group) is 1. The van der Waals surface area contributed by atoms with Crippen molar-refractivity contribution in [1.82, 2.24) is 4.90 Å². The zero-order chi connectivity index (χ0) is 10.6. The average molecular weight is 192 g/mol. The predicted molar refractivity (Wildman–Crippen MR) is 58.2 cm³/mol. The second-order valence-corrected chi connectivity index (χ2v) is 3.46. The number of benzene rings is 1. The van der Waals surface area contributed by atoms with E-state index in [1.807, 2.05) is 37.3 Å². The monoisotopic (exact) mass is 192 g/mol. The van der Waals surface area contributed by atoms with Gasteiger partial charge in [-0.2, -0.15) is 0 Å². The first-order chi connectivity index (χ1) is 6.61. The molecule has 0 aliphatic heterocycles. The van der Waals surface area contributed by atoms with E-state index < -0.39 is 0 Å². The number of para-hydroxylation sites is 1. The molecule has 0 radical (unpaired) electrons. The molecule has 1 aromatic rings. The lowest BCUT2D eigenvalue weighted by Crippen LogP contribution is -2.36. The van der Waals surface area contributed by atoms with Gasteiger partial charge in [0.05, 0.1) is 0 Å². The van der Waals surface area contributed by atoms with Crippen molar-refractivity contribution >= 4 is 11.6 Å². The average Bonchev–Trinajstić information content (AvgIpc) is 2.18. The summed E-state index contributed by atoms with van der Waals surface area (Å²) in [5.74, 6) is 0.0776. The lowest BCUT2D eigenvalue weighted by atomic mass is 10.2. The molecule has 76 valence electrons. The van der Waals surface area contributed by atoms with Crippen LogP contribution in [0.2, 0.25) is 0 Å². The molecule has 1 rings (SSSR count). The number of nitrogens with zero attached hydrogens (tertiary/aromatic N) is 1. The molecule has 3 heteroatoms. The third kappa shape index (κ3) is 2.76. The summed E-state index contributed by atoms with van der Waals surface area (Å²) in [6, 6.07) is 9.53. The molecule has 0 bridgehead atoms. The number of nitrogens with one attached hydrogen (secondary N) is 1. The third-order valence-corrected chi connectivity index (χ3v) is 1.97. The highest BCUT2D eigenvalue weighted by Gasteiger charge is 2.13. The van der Waals surface area contributed by atoms with E-state index in [2.05, 4.69) is 5.32 Å². The van der Waals surface area contributed by atoms with Gasteiger partial charge in [-0.15, -0.1) is 0 Å². The van der Waals surface area contributed by atoms with Gasteiger partial charge in [-0.1, -0.05) is 18.2 Å². The molecule has 1 atom stereocenters. The van der Waals surface area contributed by atoms with Gasteiger partial charge in [0.25, 0.3) is 0 Å². The van der Waals surface area contributed by atoms with Crippen molar-refractivity contribution in [3.63, 3.8) is 0 Å².